The average Bonchev–Trinajstić information content (AvgIpc) is 2.27. The quantitative estimate of drug-likeness (QED) is 0.765. The zero-order valence-electron chi connectivity index (χ0n) is 9.70. The van der Waals surface area contributed by atoms with Crippen molar-refractivity contribution in [1.29, 1.82) is 0 Å². The van der Waals surface area contributed by atoms with Gasteiger partial charge in [-0.2, -0.15) is 0 Å². The lowest BCUT2D eigenvalue weighted by Crippen LogP contribution is -2.45. The monoisotopic (exact) mass is 234 g/mol. The molecule has 0 aliphatic carbocycles. The van der Waals surface area contributed by atoms with Crippen molar-refractivity contribution >= 4 is 10.0 Å². The highest BCUT2D eigenvalue weighted by molar-refractivity contribution is 7.89. The fraction of sp³-hybridized carbons (Fsp3) is 1.00. The third-order valence-electron chi connectivity index (χ3n) is 2.93. The smallest absolute Gasteiger partial charge is 0.217 e. The number of piperidine rings is 1. The van der Waals surface area contributed by atoms with Crippen molar-refractivity contribution in [2.24, 2.45) is 0 Å². The molecule has 0 saturated carbocycles. The van der Waals surface area contributed by atoms with Crippen LogP contribution in [0.2, 0.25) is 0 Å². The van der Waals surface area contributed by atoms with E-state index in [0.29, 0.717) is 13.1 Å². The molecule has 0 bridgehead atoms. The minimum Gasteiger partial charge on any atom is -0.315 e. The van der Waals surface area contributed by atoms with Gasteiger partial charge in [-0.15, -0.1) is 0 Å². The van der Waals surface area contributed by atoms with Gasteiger partial charge >= 0.3 is 0 Å². The van der Waals surface area contributed by atoms with Gasteiger partial charge in [0, 0.05) is 20.1 Å². The highest BCUT2D eigenvalue weighted by Gasteiger charge is 2.30. The summed E-state index contributed by atoms with van der Waals surface area (Å²) in [5.74, 6) is 0. The molecular weight excluding hydrogens is 212 g/mol. The molecule has 0 aromatic rings. The molecule has 1 fully saturated rings. The first kappa shape index (κ1) is 12.9. The van der Waals surface area contributed by atoms with Crippen LogP contribution in [0.3, 0.4) is 0 Å². The lowest BCUT2D eigenvalue weighted by Gasteiger charge is -2.27. The molecule has 15 heavy (non-hydrogen) atoms. The van der Waals surface area contributed by atoms with E-state index in [1.807, 2.05) is 0 Å². The van der Waals surface area contributed by atoms with Crippen LogP contribution in [0.25, 0.3) is 0 Å². The topological polar surface area (TPSA) is 49.4 Å². The highest BCUT2D eigenvalue weighted by Crippen LogP contribution is 2.15. The predicted octanol–water partition coefficient (Wildman–Crippen LogP) is 0.800. The highest BCUT2D eigenvalue weighted by atomic mass is 32.2. The van der Waals surface area contributed by atoms with Crippen LogP contribution in [0.4, 0.5) is 0 Å². The van der Waals surface area contributed by atoms with Crippen molar-refractivity contribution in [2.45, 2.75) is 37.9 Å². The van der Waals surface area contributed by atoms with E-state index in [9.17, 15) is 8.42 Å². The Bertz CT molecular complexity index is 271. The summed E-state index contributed by atoms with van der Waals surface area (Å²) in [6, 6.07) is 0. The summed E-state index contributed by atoms with van der Waals surface area (Å²) < 4.78 is 25.7. The second-order valence-corrected chi connectivity index (χ2v) is 6.51. The minimum absolute atomic E-state index is 0.215. The second kappa shape index (κ2) is 5.82. The number of unbranched alkanes of at least 4 members (excludes halogenated alkanes) is 1. The predicted molar refractivity (Wildman–Crippen MR) is 62.3 cm³/mol. The number of nitrogens with zero attached hydrogens (tertiary/aromatic N) is 1. The van der Waals surface area contributed by atoms with Gasteiger partial charge in [0.1, 0.15) is 0 Å². The van der Waals surface area contributed by atoms with Crippen molar-refractivity contribution in [2.75, 3.05) is 26.7 Å². The number of sulfonamides is 1. The molecule has 1 saturated heterocycles. The Hall–Kier alpha value is -0.130. The number of nitrogens with one attached hydrogen (secondary N) is 1. The van der Waals surface area contributed by atoms with Crippen molar-refractivity contribution < 1.29 is 8.42 Å². The zero-order valence-corrected chi connectivity index (χ0v) is 10.5. The fourth-order valence-corrected chi connectivity index (χ4v) is 3.52. The largest absolute Gasteiger partial charge is 0.315 e. The first-order valence-corrected chi connectivity index (χ1v) is 7.25. The van der Waals surface area contributed by atoms with E-state index >= 15 is 0 Å². The van der Waals surface area contributed by atoms with E-state index in [0.717, 1.165) is 32.2 Å². The van der Waals surface area contributed by atoms with Gasteiger partial charge in [-0.1, -0.05) is 13.3 Å². The van der Waals surface area contributed by atoms with Crippen molar-refractivity contribution in [1.82, 2.24) is 9.62 Å². The maximum atomic E-state index is 12.1. The summed E-state index contributed by atoms with van der Waals surface area (Å²) in [7, 11) is -1.37. The van der Waals surface area contributed by atoms with Crippen molar-refractivity contribution in [3.63, 3.8) is 0 Å². The van der Waals surface area contributed by atoms with E-state index in [4.69, 9.17) is 0 Å². The number of hydrogen-bond donors (Lipinski definition) is 1. The minimum atomic E-state index is -3.06. The fourth-order valence-electron chi connectivity index (χ4n) is 1.84. The van der Waals surface area contributed by atoms with E-state index in [1.165, 1.54) is 4.31 Å². The summed E-state index contributed by atoms with van der Waals surface area (Å²) in [6.07, 6.45) is 3.73. The molecule has 1 rings (SSSR count). The number of rotatable bonds is 5. The normalized spacial score (nSPS) is 23.3. The first-order valence-electron chi connectivity index (χ1n) is 5.75. The summed E-state index contributed by atoms with van der Waals surface area (Å²) in [6.45, 7) is 4.28. The summed E-state index contributed by atoms with van der Waals surface area (Å²) in [5, 5.41) is 2.93. The van der Waals surface area contributed by atoms with E-state index in [1.54, 1.807) is 7.05 Å². The molecule has 1 aliphatic heterocycles. The van der Waals surface area contributed by atoms with E-state index in [2.05, 4.69) is 12.2 Å². The first-order chi connectivity index (χ1) is 7.09. The van der Waals surface area contributed by atoms with Gasteiger partial charge in [0.05, 0.1) is 5.25 Å². The molecule has 1 aliphatic rings. The van der Waals surface area contributed by atoms with Crippen LogP contribution in [0, 0.1) is 0 Å². The van der Waals surface area contributed by atoms with Crippen LogP contribution < -0.4 is 5.32 Å². The zero-order chi connectivity index (χ0) is 11.3. The third-order valence-corrected chi connectivity index (χ3v) is 5.23. The van der Waals surface area contributed by atoms with Gasteiger partial charge in [0.25, 0.3) is 0 Å². The average molecular weight is 234 g/mol. The molecule has 0 spiro atoms. The van der Waals surface area contributed by atoms with Gasteiger partial charge in [-0.05, 0) is 25.8 Å². The van der Waals surface area contributed by atoms with Crippen molar-refractivity contribution in [3.8, 4) is 0 Å². The van der Waals surface area contributed by atoms with Gasteiger partial charge in [-0.25, -0.2) is 12.7 Å². The van der Waals surface area contributed by atoms with Crippen LogP contribution in [-0.4, -0.2) is 44.7 Å². The van der Waals surface area contributed by atoms with E-state index < -0.39 is 10.0 Å². The van der Waals surface area contributed by atoms with Gasteiger partial charge in [0.2, 0.25) is 10.0 Å². The second-order valence-electron chi connectivity index (χ2n) is 4.19. The molecule has 0 aromatic carbocycles. The summed E-state index contributed by atoms with van der Waals surface area (Å²) in [4.78, 5) is 0. The molecule has 1 heterocycles. The molecule has 0 radical (unpaired) electrons. The molecular formula is C10H22N2O2S. The Morgan fingerprint density at radius 3 is 2.73 bits per heavy atom. The third kappa shape index (κ3) is 3.43. The molecule has 4 nitrogen and oxygen atoms in total. The lowest BCUT2D eigenvalue weighted by atomic mass is 10.2. The standard InChI is InChI=1S/C10H22N2O2S/c1-3-4-8-12(2)15(13,14)10-6-5-7-11-9-10/h10-11H,3-9H2,1-2H3. The number of hydrogen-bond acceptors (Lipinski definition) is 3. The molecule has 0 amide bonds. The van der Waals surface area contributed by atoms with Gasteiger partial charge < -0.3 is 5.32 Å². The lowest BCUT2D eigenvalue weighted by molar-refractivity contribution is 0.426. The molecule has 1 atom stereocenters. The van der Waals surface area contributed by atoms with Crippen LogP contribution in [0.5, 0.6) is 0 Å². The summed E-state index contributed by atoms with van der Waals surface area (Å²) >= 11 is 0. The van der Waals surface area contributed by atoms with Crippen LogP contribution in [-0.2, 0) is 10.0 Å². The van der Waals surface area contributed by atoms with Gasteiger partial charge in [0.15, 0.2) is 0 Å². The Balaban J connectivity index is 2.55. The molecule has 0 aromatic heterocycles. The summed E-state index contributed by atoms with van der Waals surface area (Å²) in [5.41, 5.74) is 0. The SMILES string of the molecule is CCCCN(C)S(=O)(=O)C1CCCNC1. The maximum Gasteiger partial charge on any atom is 0.217 e. The Morgan fingerprint density at radius 1 is 1.47 bits per heavy atom. The Kier molecular flexibility index (Phi) is 5.02. The molecule has 90 valence electrons. The van der Waals surface area contributed by atoms with Crippen LogP contribution in [0.1, 0.15) is 32.6 Å². The van der Waals surface area contributed by atoms with E-state index in [-0.39, 0.29) is 5.25 Å². The maximum absolute atomic E-state index is 12.1. The molecule has 1 N–H and O–H groups in total. The Labute approximate surface area is 93.1 Å². The molecule has 1 unspecified atom stereocenters. The van der Waals surface area contributed by atoms with Gasteiger partial charge in [-0.3, -0.25) is 0 Å². The van der Waals surface area contributed by atoms with Crippen molar-refractivity contribution in [3.05, 3.63) is 0 Å². The van der Waals surface area contributed by atoms with Crippen LogP contribution >= 0.6 is 0 Å². The Morgan fingerprint density at radius 2 is 2.20 bits per heavy atom. The molecule has 5 heteroatoms. The van der Waals surface area contributed by atoms with Crippen LogP contribution in [0.15, 0.2) is 0 Å².